The number of nitrogens with zero attached hydrogens (tertiary/aromatic N) is 11. The molecule has 2 aromatic carbocycles. The molecule has 380 valence electrons. The molecule has 2 atom stereocenters. The lowest BCUT2D eigenvalue weighted by Crippen LogP contribution is -2.41. The van der Waals surface area contributed by atoms with E-state index in [-0.39, 0.29) is 23.1 Å². The summed E-state index contributed by atoms with van der Waals surface area (Å²) in [4.78, 5) is 59.1. The van der Waals surface area contributed by atoms with Gasteiger partial charge in [-0.2, -0.15) is 9.97 Å². The van der Waals surface area contributed by atoms with Crippen molar-refractivity contribution in [3.8, 4) is 45.9 Å². The summed E-state index contributed by atoms with van der Waals surface area (Å²) in [5.41, 5.74) is 13.4. The largest absolute Gasteiger partial charge is 0.493 e. The van der Waals surface area contributed by atoms with Gasteiger partial charge in [0.15, 0.2) is 23.0 Å². The van der Waals surface area contributed by atoms with Gasteiger partial charge >= 0.3 is 0 Å². The van der Waals surface area contributed by atoms with E-state index in [9.17, 15) is 9.59 Å². The van der Waals surface area contributed by atoms with Gasteiger partial charge in [0.05, 0.1) is 95.9 Å². The number of primary amides is 2. The fourth-order valence-electron chi connectivity index (χ4n) is 8.20. The van der Waals surface area contributed by atoms with E-state index in [4.69, 9.17) is 56.5 Å². The summed E-state index contributed by atoms with van der Waals surface area (Å²) in [6.07, 6.45) is 17.1. The lowest BCUT2D eigenvalue weighted by atomic mass is 10.2. The summed E-state index contributed by atoms with van der Waals surface area (Å²) < 4.78 is 36.2. The molecule has 8 aromatic rings. The molecule has 2 amide bonds. The molecular formula is C48H53ClN16O8. The highest BCUT2D eigenvalue weighted by atomic mass is 35.5. The number of carbonyl (C=O) groups excluding carboxylic acids is 2. The number of nitrogens with one attached hydrogen (secondary N) is 3. The zero-order chi connectivity index (χ0) is 51.6. The minimum absolute atomic E-state index is 0.0463. The van der Waals surface area contributed by atoms with Crippen molar-refractivity contribution in [1.29, 1.82) is 0 Å². The van der Waals surface area contributed by atoms with Crippen LogP contribution in [0.5, 0.6) is 34.5 Å². The number of rotatable bonds is 15. The molecule has 2 saturated heterocycles. The van der Waals surface area contributed by atoms with Crippen LogP contribution in [0.1, 0.15) is 25.7 Å². The highest BCUT2D eigenvalue weighted by molar-refractivity contribution is 6.28. The van der Waals surface area contributed by atoms with Gasteiger partial charge in [-0.25, -0.2) is 19.9 Å². The van der Waals surface area contributed by atoms with Gasteiger partial charge in [0.25, 0.3) is 0 Å². The quantitative estimate of drug-likeness (QED) is 0.0815. The van der Waals surface area contributed by atoms with Crippen molar-refractivity contribution in [2.24, 2.45) is 11.5 Å². The highest BCUT2D eigenvalue weighted by Crippen LogP contribution is 2.41. The number of anilines is 5. The molecule has 2 aliphatic rings. The van der Waals surface area contributed by atoms with Crippen LogP contribution < -0.4 is 60.7 Å². The van der Waals surface area contributed by atoms with Crippen molar-refractivity contribution in [2.75, 3.05) is 71.3 Å². The molecule has 2 fully saturated rings. The van der Waals surface area contributed by atoms with Gasteiger partial charge in [-0.15, -0.1) is 0 Å². The third-order valence-electron chi connectivity index (χ3n) is 11.8. The van der Waals surface area contributed by atoms with E-state index in [1.54, 1.807) is 80.1 Å². The van der Waals surface area contributed by atoms with Gasteiger partial charge < -0.3 is 69.9 Å². The van der Waals surface area contributed by atoms with Crippen LogP contribution in [-0.2, 0) is 9.59 Å². The summed E-state index contributed by atoms with van der Waals surface area (Å²) in [7, 11) is 9.39. The third kappa shape index (κ3) is 11.4. The SMILES string of the molecule is COc1cc(-n2cnc(Nc3nc(Cl)nc4cnccc34)c2)cc(OC)c1OC.COc1cc(-n2cnc(Nc3nc(N4CCC[C@H]4C(N)=O)nc4cnccc34)c2)cc(OC)c1OC.NC(=O)[C@@H]1CCCN1. The lowest BCUT2D eigenvalue weighted by Gasteiger charge is -2.23. The Morgan fingerprint density at radius 3 is 1.60 bits per heavy atom. The number of methoxy groups -OCH3 is 6. The number of imidazole rings is 2. The monoisotopic (exact) mass is 1020 g/mol. The number of benzene rings is 2. The molecule has 10 rings (SSSR count). The van der Waals surface area contributed by atoms with Crippen molar-refractivity contribution in [2.45, 2.75) is 37.8 Å². The predicted octanol–water partition coefficient (Wildman–Crippen LogP) is 5.29. The first-order valence-corrected chi connectivity index (χ1v) is 23.0. The molecule has 73 heavy (non-hydrogen) atoms. The van der Waals surface area contributed by atoms with Crippen molar-refractivity contribution in [3.63, 3.8) is 0 Å². The molecular weight excluding hydrogens is 964 g/mol. The van der Waals surface area contributed by atoms with Crippen LogP contribution in [0.3, 0.4) is 0 Å². The van der Waals surface area contributed by atoms with Gasteiger partial charge in [0, 0.05) is 54.0 Å². The van der Waals surface area contributed by atoms with Crippen LogP contribution in [0.2, 0.25) is 5.28 Å². The first-order chi connectivity index (χ1) is 35.4. The number of amides is 2. The zero-order valence-corrected chi connectivity index (χ0v) is 41.5. The number of ether oxygens (including phenoxy) is 6. The Morgan fingerprint density at radius 1 is 0.658 bits per heavy atom. The molecule has 0 bridgehead atoms. The maximum absolute atomic E-state index is 12.0. The first-order valence-electron chi connectivity index (χ1n) is 22.7. The van der Waals surface area contributed by atoms with Gasteiger partial charge in [-0.05, 0) is 56.0 Å². The standard InChI is InChI=1S/C24H26N8O4.C19H17ClN6O3.C5H10N2O/c1-34-18-9-14(10-19(35-2)21(18)36-3)31-12-20(27-13-31)29-23-15-6-7-26-11-16(15)28-24(30-23)32-8-4-5-17(32)22(25)33;1-27-14-6-11(7-15(28-2)17(14)29-3)26-9-16(22-10-26)24-18-12-4-5-21-8-13(12)23-19(20)25-18;6-5(8)4-2-1-3-7-4/h6-7,9-13,17H,4-5,8H2,1-3H3,(H2,25,33)(H,28,29,30);4-10H,1-3H3,(H,23,24,25);4,7H,1-3H2,(H2,6,8)/t17-;;4-/m0.0/s1. The Balaban J connectivity index is 0.000000172. The summed E-state index contributed by atoms with van der Waals surface area (Å²) >= 11 is 6.03. The fraction of sp³-hybridized carbons (Fsp3) is 0.292. The second-order valence-electron chi connectivity index (χ2n) is 16.2. The van der Waals surface area contributed by atoms with Crippen molar-refractivity contribution in [3.05, 3.63) is 91.5 Å². The normalized spacial score (nSPS) is 14.9. The Morgan fingerprint density at radius 2 is 1.16 bits per heavy atom. The van der Waals surface area contributed by atoms with Crippen LogP contribution >= 0.6 is 11.6 Å². The summed E-state index contributed by atoms with van der Waals surface area (Å²) in [6.45, 7) is 1.59. The Hall–Kier alpha value is -8.77. The third-order valence-corrected chi connectivity index (χ3v) is 11.9. The molecule has 0 unspecified atom stereocenters. The van der Waals surface area contributed by atoms with Crippen LogP contribution in [0, 0.1) is 0 Å². The van der Waals surface area contributed by atoms with Crippen LogP contribution in [0.4, 0.5) is 29.2 Å². The molecule has 0 aliphatic carbocycles. The molecule has 24 nitrogen and oxygen atoms in total. The number of aromatic nitrogens is 10. The molecule has 7 N–H and O–H groups in total. The minimum atomic E-state index is -0.439. The molecule has 0 radical (unpaired) electrons. The average Bonchev–Trinajstić information content (AvgIpc) is 4.27. The van der Waals surface area contributed by atoms with E-state index in [0.717, 1.165) is 48.0 Å². The van der Waals surface area contributed by atoms with Crippen LogP contribution in [0.25, 0.3) is 33.2 Å². The van der Waals surface area contributed by atoms with E-state index in [0.29, 0.717) is 87.7 Å². The Bertz CT molecular complexity index is 3190. The number of hydrogen-bond acceptors (Lipinski definition) is 20. The molecule has 8 heterocycles. The second-order valence-corrected chi connectivity index (χ2v) is 16.5. The van der Waals surface area contributed by atoms with Gasteiger partial charge in [-0.1, -0.05) is 0 Å². The van der Waals surface area contributed by atoms with Gasteiger partial charge in [0.2, 0.25) is 34.5 Å². The van der Waals surface area contributed by atoms with Crippen molar-refractivity contribution in [1.82, 2.24) is 54.3 Å². The van der Waals surface area contributed by atoms with E-state index < -0.39 is 6.04 Å². The number of carbonyl (C=O) groups is 2. The number of hydrogen-bond donors (Lipinski definition) is 5. The zero-order valence-electron chi connectivity index (χ0n) is 40.7. The fourth-order valence-corrected chi connectivity index (χ4v) is 8.38. The maximum Gasteiger partial charge on any atom is 0.240 e. The van der Waals surface area contributed by atoms with Crippen LogP contribution in [-0.4, -0.2) is 129 Å². The highest BCUT2D eigenvalue weighted by Gasteiger charge is 2.32. The molecule has 0 spiro atoms. The van der Waals surface area contributed by atoms with E-state index >= 15 is 0 Å². The Kier molecular flexibility index (Phi) is 15.9. The topological polar surface area (TPSA) is 294 Å². The smallest absolute Gasteiger partial charge is 0.240 e. The number of halogens is 1. The van der Waals surface area contributed by atoms with Gasteiger partial charge in [0.1, 0.15) is 42.0 Å². The summed E-state index contributed by atoms with van der Waals surface area (Å²) in [5.74, 6) is 5.21. The Labute approximate surface area is 423 Å². The number of pyridine rings is 2. The van der Waals surface area contributed by atoms with E-state index in [2.05, 4.69) is 50.8 Å². The van der Waals surface area contributed by atoms with Crippen LogP contribution in [0.15, 0.2) is 86.2 Å². The first kappa shape index (κ1) is 50.6. The van der Waals surface area contributed by atoms with E-state index in [1.807, 2.05) is 62.8 Å². The molecule has 25 heteroatoms. The molecule has 0 saturated carbocycles. The maximum atomic E-state index is 12.0. The summed E-state index contributed by atoms with van der Waals surface area (Å²) in [5, 5.41) is 11.1. The number of nitrogens with two attached hydrogens (primary N) is 2. The second kappa shape index (κ2) is 23.0. The lowest BCUT2D eigenvalue weighted by molar-refractivity contribution is -0.120. The van der Waals surface area contributed by atoms with Gasteiger partial charge in [-0.3, -0.25) is 19.6 Å². The number of fused-ring (bicyclic) bond motifs is 2. The molecule has 2 aliphatic heterocycles. The molecule has 6 aromatic heterocycles. The predicted molar refractivity (Wildman–Crippen MR) is 272 cm³/mol. The van der Waals surface area contributed by atoms with Crippen molar-refractivity contribution < 1.29 is 38.0 Å². The summed E-state index contributed by atoms with van der Waals surface area (Å²) in [6, 6.07) is 10.5. The average molecular weight is 1020 g/mol. The van der Waals surface area contributed by atoms with E-state index in [1.165, 1.54) is 0 Å². The van der Waals surface area contributed by atoms with Crippen molar-refractivity contribution >= 4 is 74.4 Å². The minimum Gasteiger partial charge on any atom is -0.493 e.